The van der Waals surface area contributed by atoms with E-state index >= 15 is 0 Å². The van der Waals surface area contributed by atoms with Crippen LogP contribution >= 0.6 is 22.7 Å². The van der Waals surface area contributed by atoms with Crippen molar-refractivity contribution in [1.82, 2.24) is 5.32 Å². The fourth-order valence-corrected chi connectivity index (χ4v) is 4.78. The fourth-order valence-electron chi connectivity index (χ4n) is 3.02. The summed E-state index contributed by atoms with van der Waals surface area (Å²) in [6.07, 6.45) is -0.587. The van der Waals surface area contributed by atoms with Gasteiger partial charge in [0.2, 0.25) is 0 Å². The Morgan fingerprint density at radius 2 is 1.84 bits per heavy atom. The summed E-state index contributed by atoms with van der Waals surface area (Å²) < 4.78 is 0. The summed E-state index contributed by atoms with van der Waals surface area (Å²) in [6.45, 7) is 6.44. The second-order valence-electron chi connectivity index (χ2n) is 6.18. The maximum Gasteiger partial charge on any atom is 0.252 e. The van der Waals surface area contributed by atoms with E-state index in [0.717, 1.165) is 36.9 Å². The number of thiophene rings is 2. The standard InChI is InChI=1S/C20H21NO2S2/c1-12-9-13(2)18(14(3)10-12)20(23)21-11-15-6-7-17(25-15)19(22)16-5-4-8-24-16/h4-10,19,22H,11H2,1-3H3,(H,21,23). The Morgan fingerprint density at radius 1 is 1.12 bits per heavy atom. The van der Waals surface area contributed by atoms with Crippen LogP contribution in [0.5, 0.6) is 0 Å². The molecule has 1 atom stereocenters. The molecule has 0 aliphatic rings. The van der Waals surface area contributed by atoms with E-state index in [0.29, 0.717) is 6.54 Å². The average Bonchev–Trinajstić information content (AvgIpc) is 3.23. The van der Waals surface area contributed by atoms with Crippen molar-refractivity contribution < 1.29 is 9.90 Å². The van der Waals surface area contributed by atoms with E-state index < -0.39 is 6.10 Å². The summed E-state index contributed by atoms with van der Waals surface area (Å²) in [5, 5.41) is 15.3. The first-order valence-electron chi connectivity index (χ1n) is 8.12. The number of aryl methyl sites for hydroxylation is 3. The highest BCUT2D eigenvalue weighted by Crippen LogP contribution is 2.31. The molecule has 2 N–H and O–H groups in total. The molecule has 2 heterocycles. The van der Waals surface area contributed by atoms with Crippen LogP contribution < -0.4 is 5.32 Å². The molecule has 3 aromatic rings. The number of benzene rings is 1. The maximum absolute atomic E-state index is 12.5. The number of rotatable bonds is 5. The molecule has 0 aliphatic heterocycles. The second-order valence-corrected chi connectivity index (χ2v) is 8.36. The number of carbonyl (C=O) groups excluding carboxylic acids is 1. The summed E-state index contributed by atoms with van der Waals surface area (Å²) in [5.41, 5.74) is 3.91. The Balaban J connectivity index is 1.67. The van der Waals surface area contributed by atoms with E-state index in [-0.39, 0.29) is 5.91 Å². The topological polar surface area (TPSA) is 49.3 Å². The molecule has 3 rings (SSSR count). The lowest BCUT2D eigenvalue weighted by Gasteiger charge is -2.11. The van der Waals surface area contributed by atoms with Gasteiger partial charge in [-0.2, -0.15) is 0 Å². The third kappa shape index (κ3) is 4.00. The predicted molar refractivity (Wildman–Crippen MR) is 105 cm³/mol. The Bertz CT molecular complexity index is 858. The molecule has 0 fully saturated rings. The number of hydrogen-bond donors (Lipinski definition) is 2. The smallest absolute Gasteiger partial charge is 0.252 e. The van der Waals surface area contributed by atoms with Gasteiger partial charge in [-0.3, -0.25) is 4.79 Å². The molecule has 0 bridgehead atoms. The minimum Gasteiger partial charge on any atom is -0.382 e. The van der Waals surface area contributed by atoms with Crippen LogP contribution in [-0.2, 0) is 6.54 Å². The van der Waals surface area contributed by atoms with Crippen LogP contribution in [-0.4, -0.2) is 11.0 Å². The second kappa shape index (κ2) is 7.52. The van der Waals surface area contributed by atoms with Crippen molar-refractivity contribution in [2.45, 2.75) is 33.4 Å². The van der Waals surface area contributed by atoms with Crippen LogP contribution in [0.1, 0.15) is 47.8 Å². The Hall–Kier alpha value is -1.95. The van der Waals surface area contributed by atoms with Gasteiger partial charge in [-0.15, -0.1) is 22.7 Å². The monoisotopic (exact) mass is 371 g/mol. The third-order valence-corrected chi connectivity index (χ3v) is 6.15. The van der Waals surface area contributed by atoms with Crippen molar-refractivity contribution >= 4 is 28.6 Å². The number of amides is 1. The largest absolute Gasteiger partial charge is 0.382 e. The summed E-state index contributed by atoms with van der Waals surface area (Å²) >= 11 is 3.07. The molecule has 0 aliphatic carbocycles. The molecule has 5 heteroatoms. The quantitative estimate of drug-likeness (QED) is 0.680. The summed E-state index contributed by atoms with van der Waals surface area (Å²) in [6, 6.07) is 11.8. The first-order valence-corrected chi connectivity index (χ1v) is 9.81. The number of aliphatic hydroxyl groups excluding tert-OH is 1. The van der Waals surface area contributed by atoms with Gasteiger partial charge in [0.15, 0.2) is 0 Å². The number of hydrogen-bond acceptors (Lipinski definition) is 4. The first-order chi connectivity index (χ1) is 12.0. The minimum atomic E-state index is -0.587. The van der Waals surface area contributed by atoms with E-state index in [9.17, 15) is 9.90 Å². The van der Waals surface area contributed by atoms with Crippen LogP contribution in [0.15, 0.2) is 41.8 Å². The zero-order valence-electron chi connectivity index (χ0n) is 14.5. The number of nitrogens with one attached hydrogen (secondary N) is 1. The van der Waals surface area contributed by atoms with Crippen LogP contribution in [0.3, 0.4) is 0 Å². The van der Waals surface area contributed by atoms with Crippen LogP contribution in [0.4, 0.5) is 0 Å². The van der Waals surface area contributed by atoms with E-state index in [1.807, 2.05) is 62.5 Å². The molecule has 1 amide bonds. The molecule has 1 unspecified atom stereocenters. The molecule has 0 spiro atoms. The van der Waals surface area contributed by atoms with Gasteiger partial charge in [0, 0.05) is 20.2 Å². The summed E-state index contributed by atoms with van der Waals surface area (Å²) in [7, 11) is 0. The predicted octanol–water partition coefficient (Wildman–Crippen LogP) is 4.75. The van der Waals surface area contributed by atoms with Gasteiger partial charge in [-0.25, -0.2) is 0 Å². The molecule has 1 aromatic carbocycles. The lowest BCUT2D eigenvalue weighted by atomic mass is 9.99. The van der Waals surface area contributed by atoms with Gasteiger partial charge in [0.1, 0.15) is 6.10 Å². The van der Waals surface area contributed by atoms with Crippen molar-refractivity contribution in [2.24, 2.45) is 0 Å². The molecule has 2 aromatic heterocycles. The normalized spacial score (nSPS) is 12.2. The molecule has 3 nitrogen and oxygen atoms in total. The van der Waals surface area contributed by atoms with Crippen LogP contribution in [0.2, 0.25) is 0 Å². The van der Waals surface area contributed by atoms with Crippen molar-refractivity contribution in [1.29, 1.82) is 0 Å². The Morgan fingerprint density at radius 3 is 2.48 bits per heavy atom. The maximum atomic E-state index is 12.5. The first kappa shape index (κ1) is 17.9. The molecular weight excluding hydrogens is 350 g/mol. The van der Waals surface area contributed by atoms with Crippen molar-refractivity contribution in [3.63, 3.8) is 0 Å². The van der Waals surface area contributed by atoms with Gasteiger partial charge in [-0.05, 0) is 55.5 Å². The highest BCUT2D eigenvalue weighted by molar-refractivity contribution is 7.12. The van der Waals surface area contributed by atoms with E-state index in [2.05, 4.69) is 5.32 Å². The minimum absolute atomic E-state index is 0.0521. The zero-order chi connectivity index (χ0) is 18.0. The highest BCUT2D eigenvalue weighted by atomic mass is 32.1. The van der Waals surface area contributed by atoms with Crippen LogP contribution in [0, 0.1) is 20.8 Å². The fraction of sp³-hybridized carbons (Fsp3) is 0.250. The molecule has 25 heavy (non-hydrogen) atoms. The van der Waals surface area contributed by atoms with Crippen LogP contribution in [0.25, 0.3) is 0 Å². The summed E-state index contributed by atoms with van der Waals surface area (Å²) in [5.74, 6) is -0.0521. The summed E-state index contributed by atoms with van der Waals surface area (Å²) in [4.78, 5) is 15.4. The Labute approximate surface area is 156 Å². The van der Waals surface area contributed by atoms with E-state index in [4.69, 9.17) is 0 Å². The lowest BCUT2D eigenvalue weighted by molar-refractivity contribution is 0.0950. The average molecular weight is 372 g/mol. The molecule has 130 valence electrons. The molecular formula is C20H21NO2S2. The third-order valence-electron chi connectivity index (χ3n) is 4.09. The van der Waals surface area contributed by atoms with Crippen molar-refractivity contribution in [3.05, 3.63) is 78.7 Å². The Kier molecular flexibility index (Phi) is 5.37. The molecule has 0 radical (unpaired) electrons. The zero-order valence-corrected chi connectivity index (χ0v) is 16.1. The number of carbonyl (C=O) groups is 1. The molecule has 0 saturated heterocycles. The van der Waals surface area contributed by atoms with E-state index in [1.165, 1.54) is 11.3 Å². The highest BCUT2D eigenvalue weighted by Gasteiger charge is 2.16. The van der Waals surface area contributed by atoms with Crippen molar-refractivity contribution in [3.8, 4) is 0 Å². The van der Waals surface area contributed by atoms with Gasteiger partial charge >= 0.3 is 0 Å². The number of aliphatic hydroxyl groups is 1. The van der Waals surface area contributed by atoms with Crippen molar-refractivity contribution in [2.75, 3.05) is 0 Å². The SMILES string of the molecule is Cc1cc(C)c(C(=O)NCc2ccc(C(O)c3cccs3)s2)c(C)c1. The van der Waals surface area contributed by atoms with Gasteiger partial charge < -0.3 is 10.4 Å². The van der Waals surface area contributed by atoms with Gasteiger partial charge in [0.25, 0.3) is 5.91 Å². The van der Waals surface area contributed by atoms with E-state index in [1.54, 1.807) is 11.3 Å². The van der Waals surface area contributed by atoms with Gasteiger partial charge in [-0.1, -0.05) is 23.8 Å². The van der Waals surface area contributed by atoms with Gasteiger partial charge in [0.05, 0.1) is 6.54 Å². The molecule has 0 saturated carbocycles. The lowest BCUT2D eigenvalue weighted by Crippen LogP contribution is -2.24.